The lowest BCUT2D eigenvalue weighted by Gasteiger charge is -2.20. The Kier molecular flexibility index (Phi) is 5.81. The maximum absolute atomic E-state index is 12.3. The zero-order chi connectivity index (χ0) is 17.7. The van der Waals surface area contributed by atoms with Crippen molar-refractivity contribution in [2.24, 2.45) is 0 Å². The average molecular weight is 335 g/mol. The average Bonchev–Trinajstić information content (AvgIpc) is 3.00. The first-order valence-electron chi connectivity index (χ1n) is 7.46. The quantitative estimate of drug-likeness (QED) is 0.634. The second-order valence-electron chi connectivity index (χ2n) is 5.37. The van der Waals surface area contributed by atoms with Crippen LogP contribution in [0.4, 0.5) is 0 Å². The molecule has 1 heterocycles. The molecule has 1 aromatic rings. The van der Waals surface area contributed by atoms with E-state index in [4.69, 9.17) is 9.47 Å². The summed E-state index contributed by atoms with van der Waals surface area (Å²) in [6, 6.07) is 4.49. The summed E-state index contributed by atoms with van der Waals surface area (Å²) in [5.41, 5.74) is 0.746. The summed E-state index contributed by atoms with van der Waals surface area (Å²) in [6.45, 7) is 0.106. The minimum atomic E-state index is -0.757. The number of hydrogen-bond acceptors (Lipinski definition) is 6. The van der Waals surface area contributed by atoms with Gasteiger partial charge in [0.15, 0.2) is 11.5 Å². The lowest BCUT2D eigenvalue weighted by atomic mass is 10.1. The van der Waals surface area contributed by atoms with Crippen LogP contribution in [0, 0.1) is 0 Å². The number of nitrogens with zero attached hydrogens (tertiary/aromatic N) is 1. The van der Waals surface area contributed by atoms with E-state index in [2.05, 4.69) is 4.74 Å². The van der Waals surface area contributed by atoms with E-state index in [1.807, 2.05) is 0 Å². The molecule has 0 spiro atoms. The number of carbonyl (C=O) groups excluding carboxylic acids is 2. The molecule has 1 saturated heterocycles. The van der Waals surface area contributed by atoms with Gasteiger partial charge < -0.3 is 24.2 Å². The molecule has 1 amide bonds. The molecule has 0 aliphatic carbocycles. The zero-order valence-electron chi connectivity index (χ0n) is 13.9. The van der Waals surface area contributed by atoms with E-state index < -0.39 is 18.1 Å². The van der Waals surface area contributed by atoms with Crippen LogP contribution in [0.2, 0.25) is 0 Å². The summed E-state index contributed by atoms with van der Waals surface area (Å²) >= 11 is 0. The van der Waals surface area contributed by atoms with E-state index in [0.717, 1.165) is 5.56 Å². The highest BCUT2D eigenvalue weighted by Gasteiger charge is 2.38. The van der Waals surface area contributed by atoms with Gasteiger partial charge in [-0.05, 0) is 23.8 Å². The van der Waals surface area contributed by atoms with Gasteiger partial charge in [0.1, 0.15) is 6.04 Å². The summed E-state index contributed by atoms with van der Waals surface area (Å²) < 4.78 is 15.1. The Labute approximate surface area is 140 Å². The van der Waals surface area contributed by atoms with Crippen LogP contribution in [0.3, 0.4) is 0 Å². The third kappa shape index (κ3) is 3.86. The number of β-amino-alcohol motifs (C(OH)–C–C–N with tert-alkyl or cyclic N) is 1. The standard InChI is InChI=1S/C17H21NO6/c1-22-14-6-4-11(8-15(14)23-2)5-7-16(20)18-10-12(19)9-13(18)17(21)24-3/h4-8,12-13,19H,9-10H2,1-3H3/b7-5+/t12-,13+/m1/s1. The van der Waals surface area contributed by atoms with E-state index >= 15 is 0 Å². The van der Waals surface area contributed by atoms with Crippen molar-refractivity contribution in [3.05, 3.63) is 29.8 Å². The first kappa shape index (κ1) is 17.8. The molecule has 0 aromatic heterocycles. The van der Waals surface area contributed by atoms with Gasteiger partial charge in [0.2, 0.25) is 5.91 Å². The van der Waals surface area contributed by atoms with Crippen molar-refractivity contribution in [2.45, 2.75) is 18.6 Å². The number of methoxy groups -OCH3 is 3. The third-order valence-corrected chi connectivity index (χ3v) is 3.86. The Morgan fingerprint density at radius 3 is 2.54 bits per heavy atom. The van der Waals surface area contributed by atoms with E-state index in [1.165, 1.54) is 25.2 Å². The number of rotatable bonds is 5. The number of amides is 1. The molecule has 7 heteroatoms. The van der Waals surface area contributed by atoms with Crippen LogP contribution >= 0.6 is 0 Å². The van der Waals surface area contributed by atoms with Crippen LogP contribution in [-0.4, -0.2) is 61.9 Å². The van der Waals surface area contributed by atoms with Gasteiger partial charge in [-0.2, -0.15) is 0 Å². The van der Waals surface area contributed by atoms with Gasteiger partial charge >= 0.3 is 5.97 Å². The molecular formula is C17H21NO6. The van der Waals surface area contributed by atoms with Crippen molar-refractivity contribution in [3.8, 4) is 11.5 Å². The number of aliphatic hydroxyl groups is 1. The second-order valence-corrected chi connectivity index (χ2v) is 5.37. The second kappa shape index (κ2) is 7.83. The van der Waals surface area contributed by atoms with Crippen molar-refractivity contribution in [1.29, 1.82) is 0 Å². The van der Waals surface area contributed by atoms with Gasteiger partial charge in [-0.1, -0.05) is 6.07 Å². The lowest BCUT2D eigenvalue weighted by molar-refractivity contribution is -0.149. The summed E-state index contributed by atoms with van der Waals surface area (Å²) in [5, 5.41) is 9.72. The van der Waals surface area contributed by atoms with Crippen molar-refractivity contribution in [3.63, 3.8) is 0 Å². The van der Waals surface area contributed by atoms with Gasteiger partial charge in [-0.15, -0.1) is 0 Å². The molecule has 1 aliphatic heterocycles. The molecule has 0 bridgehead atoms. The SMILES string of the molecule is COC(=O)[C@@H]1C[C@@H](O)CN1C(=O)/C=C/c1ccc(OC)c(OC)c1. The van der Waals surface area contributed by atoms with Crippen LogP contribution in [0.1, 0.15) is 12.0 Å². The fourth-order valence-corrected chi connectivity index (χ4v) is 2.64. The molecule has 2 atom stereocenters. The predicted octanol–water partition coefficient (Wildman–Crippen LogP) is 0.852. The lowest BCUT2D eigenvalue weighted by Crippen LogP contribution is -2.40. The Balaban J connectivity index is 2.13. The first-order valence-corrected chi connectivity index (χ1v) is 7.46. The highest BCUT2D eigenvalue weighted by Crippen LogP contribution is 2.28. The number of esters is 1. The zero-order valence-corrected chi connectivity index (χ0v) is 13.9. The van der Waals surface area contributed by atoms with Gasteiger partial charge in [-0.3, -0.25) is 4.79 Å². The predicted molar refractivity (Wildman–Crippen MR) is 86.7 cm³/mol. The summed E-state index contributed by atoms with van der Waals surface area (Å²) in [6.07, 6.45) is 2.42. The van der Waals surface area contributed by atoms with Crippen LogP contribution in [0.5, 0.6) is 11.5 Å². The van der Waals surface area contributed by atoms with Gasteiger partial charge in [0.05, 0.1) is 27.4 Å². The molecule has 1 aromatic carbocycles. The van der Waals surface area contributed by atoms with Crippen molar-refractivity contribution >= 4 is 18.0 Å². The fourth-order valence-electron chi connectivity index (χ4n) is 2.64. The number of carbonyl (C=O) groups is 2. The topological polar surface area (TPSA) is 85.3 Å². The van der Waals surface area contributed by atoms with Crippen LogP contribution in [-0.2, 0) is 14.3 Å². The largest absolute Gasteiger partial charge is 0.493 e. The fraction of sp³-hybridized carbons (Fsp3) is 0.412. The Morgan fingerprint density at radius 2 is 1.92 bits per heavy atom. The molecule has 24 heavy (non-hydrogen) atoms. The van der Waals surface area contributed by atoms with Gasteiger partial charge in [0, 0.05) is 19.0 Å². The number of hydrogen-bond donors (Lipinski definition) is 1. The first-order chi connectivity index (χ1) is 11.5. The van der Waals surface area contributed by atoms with E-state index in [9.17, 15) is 14.7 Å². The van der Waals surface area contributed by atoms with Crippen LogP contribution < -0.4 is 9.47 Å². The maximum Gasteiger partial charge on any atom is 0.328 e. The molecular weight excluding hydrogens is 314 g/mol. The molecule has 0 radical (unpaired) electrons. The van der Waals surface area contributed by atoms with Gasteiger partial charge in [-0.25, -0.2) is 4.79 Å². The summed E-state index contributed by atoms with van der Waals surface area (Å²) in [5.74, 6) is 0.252. The number of ether oxygens (including phenoxy) is 3. The molecule has 0 saturated carbocycles. The third-order valence-electron chi connectivity index (χ3n) is 3.86. The highest BCUT2D eigenvalue weighted by atomic mass is 16.5. The number of aliphatic hydroxyl groups excluding tert-OH is 1. The minimum Gasteiger partial charge on any atom is -0.493 e. The Bertz CT molecular complexity index is 642. The monoisotopic (exact) mass is 335 g/mol. The molecule has 1 aliphatic rings. The molecule has 130 valence electrons. The smallest absolute Gasteiger partial charge is 0.328 e. The minimum absolute atomic E-state index is 0.106. The summed E-state index contributed by atoms with van der Waals surface area (Å²) in [7, 11) is 4.33. The van der Waals surface area contributed by atoms with Crippen molar-refractivity contribution < 1.29 is 28.9 Å². The summed E-state index contributed by atoms with van der Waals surface area (Å²) in [4.78, 5) is 25.4. The van der Waals surface area contributed by atoms with Crippen molar-refractivity contribution in [1.82, 2.24) is 4.90 Å². The molecule has 2 rings (SSSR count). The van der Waals surface area contributed by atoms with E-state index in [1.54, 1.807) is 31.4 Å². The Hall–Kier alpha value is -2.54. The Morgan fingerprint density at radius 1 is 1.21 bits per heavy atom. The maximum atomic E-state index is 12.3. The molecule has 1 N–H and O–H groups in total. The number of benzene rings is 1. The molecule has 1 fully saturated rings. The normalized spacial score (nSPS) is 20.2. The van der Waals surface area contributed by atoms with E-state index in [0.29, 0.717) is 11.5 Å². The number of likely N-dealkylation sites (tertiary alicyclic amines) is 1. The van der Waals surface area contributed by atoms with Crippen LogP contribution in [0.15, 0.2) is 24.3 Å². The highest BCUT2D eigenvalue weighted by molar-refractivity contribution is 5.95. The van der Waals surface area contributed by atoms with Crippen molar-refractivity contribution in [2.75, 3.05) is 27.9 Å². The van der Waals surface area contributed by atoms with E-state index in [-0.39, 0.29) is 18.9 Å². The molecule has 0 unspecified atom stereocenters. The van der Waals surface area contributed by atoms with Gasteiger partial charge in [0.25, 0.3) is 0 Å². The van der Waals surface area contributed by atoms with Crippen LogP contribution in [0.25, 0.3) is 6.08 Å². The molecule has 7 nitrogen and oxygen atoms in total.